The standard InChI is InChI=1S/C22H32N4O3.HI/c1-7-23-21(25-13-20-24-12-19(29-20)22(2,3)4)26-9-8-15-10-17(27-5)18(28-6)11-16(15)14-26;/h10-12H,7-9,13-14H2,1-6H3,(H,23,25);1H. The molecule has 1 aromatic carbocycles. The number of halogens is 1. The maximum Gasteiger partial charge on any atom is 0.216 e. The molecule has 1 aliphatic rings. The van der Waals surface area contributed by atoms with Crippen molar-refractivity contribution in [1.82, 2.24) is 15.2 Å². The van der Waals surface area contributed by atoms with E-state index in [-0.39, 0.29) is 29.4 Å². The average Bonchev–Trinajstić information content (AvgIpc) is 3.19. The lowest BCUT2D eigenvalue weighted by atomic mass is 9.94. The number of hydrogen-bond acceptors (Lipinski definition) is 5. The van der Waals surface area contributed by atoms with Gasteiger partial charge in [-0.05, 0) is 36.6 Å². The van der Waals surface area contributed by atoms with Crippen LogP contribution in [0, 0.1) is 0 Å². The number of benzene rings is 1. The van der Waals surface area contributed by atoms with Crippen LogP contribution in [0.25, 0.3) is 0 Å². The smallest absolute Gasteiger partial charge is 0.216 e. The fourth-order valence-corrected chi connectivity index (χ4v) is 3.36. The van der Waals surface area contributed by atoms with Crippen molar-refractivity contribution in [1.29, 1.82) is 0 Å². The van der Waals surface area contributed by atoms with Crippen molar-refractivity contribution in [3.8, 4) is 11.5 Å². The van der Waals surface area contributed by atoms with E-state index >= 15 is 0 Å². The first-order valence-corrected chi connectivity index (χ1v) is 10.1. The molecule has 30 heavy (non-hydrogen) atoms. The minimum Gasteiger partial charge on any atom is -0.493 e. The Balaban J connectivity index is 0.00000320. The molecule has 0 aliphatic carbocycles. The van der Waals surface area contributed by atoms with E-state index in [1.807, 2.05) is 0 Å². The number of nitrogens with zero attached hydrogens (tertiary/aromatic N) is 3. The third-order valence-corrected chi connectivity index (χ3v) is 5.01. The second-order valence-electron chi connectivity index (χ2n) is 8.19. The van der Waals surface area contributed by atoms with Crippen LogP contribution >= 0.6 is 24.0 Å². The van der Waals surface area contributed by atoms with Crippen LogP contribution < -0.4 is 14.8 Å². The summed E-state index contributed by atoms with van der Waals surface area (Å²) in [5, 5.41) is 3.39. The Bertz CT molecular complexity index is 874. The summed E-state index contributed by atoms with van der Waals surface area (Å²) in [7, 11) is 3.33. The van der Waals surface area contributed by atoms with E-state index in [0.717, 1.165) is 49.3 Å². The molecule has 1 aromatic heterocycles. The minimum atomic E-state index is -0.0594. The van der Waals surface area contributed by atoms with Gasteiger partial charge in [0.1, 0.15) is 12.3 Å². The van der Waals surface area contributed by atoms with Gasteiger partial charge in [-0.15, -0.1) is 24.0 Å². The molecular weight excluding hydrogens is 495 g/mol. The van der Waals surface area contributed by atoms with E-state index in [0.29, 0.717) is 12.4 Å². The molecule has 2 aromatic rings. The van der Waals surface area contributed by atoms with E-state index < -0.39 is 0 Å². The lowest BCUT2D eigenvalue weighted by molar-refractivity contribution is 0.345. The largest absolute Gasteiger partial charge is 0.493 e. The summed E-state index contributed by atoms with van der Waals surface area (Å²) < 4.78 is 16.8. The molecule has 0 saturated carbocycles. The molecule has 0 saturated heterocycles. The zero-order valence-electron chi connectivity index (χ0n) is 18.7. The van der Waals surface area contributed by atoms with Crippen molar-refractivity contribution in [2.24, 2.45) is 4.99 Å². The summed E-state index contributed by atoms with van der Waals surface area (Å²) in [6, 6.07) is 4.14. The van der Waals surface area contributed by atoms with Gasteiger partial charge in [0.05, 0.1) is 20.4 Å². The molecule has 8 heteroatoms. The van der Waals surface area contributed by atoms with Gasteiger partial charge in [-0.2, -0.15) is 0 Å². The van der Waals surface area contributed by atoms with Gasteiger partial charge in [0.25, 0.3) is 0 Å². The summed E-state index contributed by atoms with van der Waals surface area (Å²) >= 11 is 0. The van der Waals surface area contributed by atoms with Gasteiger partial charge in [0.2, 0.25) is 5.89 Å². The lowest BCUT2D eigenvalue weighted by Gasteiger charge is -2.32. The molecule has 1 N–H and O–H groups in total. The topological polar surface area (TPSA) is 72.1 Å². The molecule has 3 rings (SSSR count). The van der Waals surface area contributed by atoms with Crippen LogP contribution in [0.2, 0.25) is 0 Å². The third-order valence-electron chi connectivity index (χ3n) is 5.01. The Morgan fingerprint density at radius 1 is 1.20 bits per heavy atom. The Kier molecular flexibility index (Phi) is 8.40. The molecule has 166 valence electrons. The number of oxazole rings is 1. The van der Waals surface area contributed by atoms with Gasteiger partial charge in [-0.1, -0.05) is 20.8 Å². The molecule has 0 spiro atoms. The Labute approximate surface area is 196 Å². The predicted molar refractivity (Wildman–Crippen MR) is 129 cm³/mol. The number of aliphatic imine (C=N–C) groups is 1. The molecule has 0 unspecified atom stereocenters. The normalized spacial score (nSPS) is 14.1. The van der Waals surface area contributed by atoms with Crippen LogP contribution in [0.4, 0.5) is 0 Å². The first-order chi connectivity index (χ1) is 13.9. The first-order valence-electron chi connectivity index (χ1n) is 10.1. The van der Waals surface area contributed by atoms with Crippen molar-refractivity contribution in [2.45, 2.75) is 52.6 Å². The highest BCUT2D eigenvalue weighted by Gasteiger charge is 2.22. The van der Waals surface area contributed by atoms with Crippen molar-refractivity contribution < 1.29 is 13.9 Å². The summed E-state index contributed by atoms with van der Waals surface area (Å²) in [6.07, 6.45) is 2.72. The van der Waals surface area contributed by atoms with Gasteiger partial charge in [0.15, 0.2) is 17.5 Å². The maximum absolute atomic E-state index is 5.88. The van der Waals surface area contributed by atoms with Crippen LogP contribution in [0.5, 0.6) is 11.5 Å². The molecule has 1 aliphatic heterocycles. The molecular formula is C22H33IN4O3. The summed E-state index contributed by atoms with van der Waals surface area (Å²) in [6.45, 7) is 11.3. The van der Waals surface area contributed by atoms with Crippen LogP contribution in [-0.4, -0.2) is 43.2 Å². The predicted octanol–water partition coefficient (Wildman–Crippen LogP) is 4.13. The van der Waals surface area contributed by atoms with E-state index in [2.05, 4.69) is 55.0 Å². The van der Waals surface area contributed by atoms with Crippen molar-refractivity contribution in [3.05, 3.63) is 41.1 Å². The molecule has 7 nitrogen and oxygen atoms in total. The molecule has 0 bridgehead atoms. The SMILES string of the molecule is CCNC(=NCc1ncc(C(C)(C)C)o1)N1CCc2cc(OC)c(OC)cc2C1.I. The van der Waals surface area contributed by atoms with Gasteiger partial charge < -0.3 is 24.1 Å². The second kappa shape index (κ2) is 10.4. The number of aromatic nitrogens is 1. The highest BCUT2D eigenvalue weighted by molar-refractivity contribution is 14.0. The van der Waals surface area contributed by atoms with E-state index in [9.17, 15) is 0 Å². The van der Waals surface area contributed by atoms with Crippen LogP contribution in [0.15, 0.2) is 27.7 Å². The zero-order chi connectivity index (χ0) is 21.0. The van der Waals surface area contributed by atoms with Crippen molar-refractivity contribution >= 4 is 29.9 Å². The Morgan fingerprint density at radius 3 is 2.43 bits per heavy atom. The first kappa shape index (κ1) is 24.3. The maximum atomic E-state index is 5.88. The lowest BCUT2D eigenvalue weighted by Crippen LogP contribution is -2.44. The highest BCUT2D eigenvalue weighted by atomic mass is 127. The monoisotopic (exact) mass is 528 g/mol. The molecule has 0 radical (unpaired) electrons. The van der Waals surface area contributed by atoms with Gasteiger partial charge in [-0.25, -0.2) is 9.98 Å². The number of methoxy groups -OCH3 is 2. The summed E-state index contributed by atoms with van der Waals surface area (Å²) in [5.41, 5.74) is 2.46. The fourth-order valence-electron chi connectivity index (χ4n) is 3.36. The second-order valence-corrected chi connectivity index (χ2v) is 8.19. The number of fused-ring (bicyclic) bond motifs is 1. The fraction of sp³-hybridized carbons (Fsp3) is 0.545. The number of hydrogen-bond donors (Lipinski definition) is 1. The Morgan fingerprint density at radius 2 is 1.87 bits per heavy atom. The van der Waals surface area contributed by atoms with Gasteiger partial charge in [0, 0.05) is 25.0 Å². The van der Waals surface area contributed by atoms with Crippen molar-refractivity contribution in [3.63, 3.8) is 0 Å². The number of nitrogens with one attached hydrogen (secondary N) is 1. The van der Waals surface area contributed by atoms with Crippen molar-refractivity contribution in [2.75, 3.05) is 27.3 Å². The summed E-state index contributed by atoms with van der Waals surface area (Å²) in [5.74, 6) is 3.90. The molecule has 0 amide bonds. The number of guanidine groups is 1. The molecule has 0 atom stereocenters. The average molecular weight is 528 g/mol. The van der Waals surface area contributed by atoms with E-state index in [1.54, 1.807) is 20.4 Å². The Hall–Kier alpha value is -1.97. The highest BCUT2D eigenvalue weighted by Crippen LogP contribution is 2.33. The van der Waals surface area contributed by atoms with Crippen LogP contribution in [0.3, 0.4) is 0 Å². The summed E-state index contributed by atoms with van der Waals surface area (Å²) in [4.78, 5) is 11.4. The number of rotatable bonds is 5. The quantitative estimate of drug-likeness (QED) is 0.358. The van der Waals surface area contributed by atoms with Crippen LogP contribution in [0.1, 0.15) is 50.5 Å². The van der Waals surface area contributed by atoms with E-state index in [1.165, 1.54) is 11.1 Å². The zero-order valence-corrected chi connectivity index (χ0v) is 21.1. The molecule has 2 heterocycles. The molecule has 0 fully saturated rings. The van der Waals surface area contributed by atoms with E-state index in [4.69, 9.17) is 18.9 Å². The third kappa shape index (κ3) is 5.59. The van der Waals surface area contributed by atoms with Crippen LogP contribution in [-0.2, 0) is 24.9 Å². The van der Waals surface area contributed by atoms with Gasteiger partial charge in [-0.3, -0.25) is 0 Å². The minimum absolute atomic E-state index is 0. The van der Waals surface area contributed by atoms with Gasteiger partial charge >= 0.3 is 0 Å². The number of ether oxygens (including phenoxy) is 2.